The van der Waals surface area contributed by atoms with Crippen molar-refractivity contribution in [3.63, 3.8) is 0 Å². The molecule has 1 aliphatic heterocycles. The van der Waals surface area contributed by atoms with Gasteiger partial charge in [0, 0.05) is 37.6 Å². The average molecular weight is 408 g/mol. The predicted molar refractivity (Wildman–Crippen MR) is 101 cm³/mol. The lowest BCUT2D eigenvalue weighted by molar-refractivity contribution is -0.140. The van der Waals surface area contributed by atoms with E-state index in [1.54, 1.807) is 0 Å². The molecule has 1 fully saturated rings. The van der Waals surface area contributed by atoms with Crippen molar-refractivity contribution in [1.82, 2.24) is 20.5 Å². The summed E-state index contributed by atoms with van der Waals surface area (Å²) in [5.74, 6) is 1.03. The molecule has 2 heterocycles. The van der Waals surface area contributed by atoms with E-state index >= 15 is 0 Å². The number of morpholine rings is 1. The Morgan fingerprint density at radius 2 is 2.04 bits per heavy atom. The minimum Gasteiger partial charge on any atom is -0.379 e. The number of hydrogen-bond donors (Lipinski definition) is 2. The lowest BCUT2D eigenvalue weighted by Gasteiger charge is -2.37. The third-order valence-electron chi connectivity index (χ3n) is 4.32. The Hall–Kier alpha value is -1.39. The predicted octanol–water partition coefficient (Wildman–Crippen LogP) is 2.57. The molecule has 10 heteroatoms. The highest BCUT2D eigenvalue weighted by Crippen LogP contribution is 2.30. The van der Waals surface area contributed by atoms with Gasteiger partial charge in [0.25, 0.3) is 0 Å². The van der Waals surface area contributed by atoms with Crippen LogP contribution in [-0.2, 0) is 17.5 Å². The standard InChI is InChI=1S/C17H28F3N5OS/c1-4-21-16(23-10-15-24-14(11-27-15)17(18,19)20)22-9-13(12(2)3)25-5-7-26-8-6-25/h11-13H,4-10H2,1-3H3,(H2,21,22,23). The van der Waals surface area contributed by atoms with Crippen molar-refractivity contribution in [3.05, 3.63) is 16.1 Å². The van der Waals surface area contributed by atoms with Gasteiger partial charge in [-0.3, -0.25) is 4.90 Å². The molecule has 0 aliphatic carbocycles. The number of aromatic nitrogens is 1. The van der Waals surface area contributed by atoms with E-state index in [-0.39, 0.29) is 6.54 Å². The zero-order valence-corrected chi connectivity index (χ0v) is 16.8. The zero-order valence-electron chi connectivity index (χ0n) is 16.0. The first kappa shape index (κ1) is 21.9. The Labute approximate surface area is 162 Å². The van der Waals surface area contributed by atoms with E-state index < -0.39 is 11.9 Å². The van der Waals surface area contributed by atoms with Crippen LogP contribution in [-0.4, -0.2) is 61.3 Å². The second-order valence-electron chi connectivity index (χ2n) is 6.66. The van der Waals surface area contributed by atoms with Crippen LogP contribution in [0.15, 0.2) is 10.4 Å². The molecule has 0 aromatic carbocycles. The average Bonchev–Trinajstić information content (AvgIpc) is 3.10. The first-order chi connectivity index (χ1) is 12.8. The molecule has 27 heavy (non-hydrogen) atoms. The number of nitrogens with one attached hydrogen (secondary N) is 2. The number of ether oxygens (including phenoxy) is 1. The molecule has 6 nitrogen and oxygen atoms in total. The first-order valence-corrected chi connectivity index (χ1v) is 10.0. The van der Waals surface area contributed by atoms with Crippen LogP contribution in [0.5, 0.6) is 0 Å². The molecule has 0 amide bonds. The summed E-state index contributed by atoms with van der Waals surface area (Å²) in [6.45, 7) is 11.1. The molecular formula is C17H28F3N5OS. The van der Waals surface area contributed by atoms with E-state index in [1.165, 1.54) is 0 Å². The summed E-state index contributed by atoms with van der Waals surface area (Å²) >= 11 is 0.973. The number of nitrogens with zero attached hydrogens (tertiary/aromatic N) is 3. The number of aliphatic imine (C=N–C) groups is 1. The van der Waals surface area contributed by atoms with Crippen molar-refractivity contribution in [1.29, 1.82) is 0 Å². The second kappa shape index (κ2) is 10.2. The lowest BCUT2D eigenvalue weighted by Crippen LogP contribution is -2.52. The molecule has 0 bridgehead atoms. The minimum absolute atomic E-state index is 0.111. The van der Waals surface area contributed by atoms with E-state index in [0.717, 1.165) is 43.0 Å². The fraction of sp³-hybridized carbons (Fsp3) is 0.765. The van der Waals surface area contributed by atoms with Crippen molar-refractivity contribution in [2.24, 2.45) is 10.9 Å². The molecule has 1 unspecified atom stereocenters. The van der Waals surface area contributed by atoms with Gasteiger partial charge in [-0.1, -0.05) is 13.8 Å². The van der Waals surface area contributed by atoms with Crippen LogP contribution in [0.1, 0.15) is 31.5 Å². The van der Waals surface area contributed by atoms with Gasteiger partial charge >= 0.3 is 6.18 Å². The second-order valence-corrected chi connectivity index (χ2v) is 7.60. The molecular weight excluding hydrogens is 379 g/mol. The van der Waals surface area contributed by atoms with Gasteiger partial charge in [0.05, 0.1) is 19.8 Å². The number of halogens is 3. The number of rotatable bonds is 7. The van der Waals surface area contributed by atoms with Gasteiger partial charge in [-0.05, 0) is 12.8 Å². The van der Waals surface area contributed by atoms with Gasteiger partial charge in [0.15, 0.2) is 11.7 Å². The summed E-state index contributed by atoms with van der Waals surface area (Å²) in [4.78, 5) is 10.4. The number of alkyl halides is 3. The molecule has 0 saturated carbocycles. The van der Waals surface area contributed by atoms with Crippen molar-refractivity contribution >= 4 is 17.3 Å². The van der Waals surface area contributed by atoms with Crippen LogP contribution in [0.4, 0.5) is 13.2 Å². The Morgan fingerprint density at radius 3 is 2.59 bits per heavy atom. The summed E-state index contributed by atoms with van der Waals surface area (Å²) in [6.07, 6.45) is -4.41. The van der Waals surface area contributed by atoms with Gasteiger partial charge in [-0.15, -0.1) is 11.3 Å². The van der Waals surface area contributed by atoms with Gasteiger partial charge < -0.3 is 15.4 Å². The van der Waals surface area contributed by atoms with Gasteiger partial charge in [-0.2, -0.15) is 13.2 Å². The highest BCUT2D eigenvalue weighted by Gasteiger charge is 2.33. The van der Waals surface area contributed by atoms with E-state index in [4.69, 9.17) is 4.74 Å². The van der Waals surface area contributed by atoms with Gasteiger partial charge in [0.2, 0.25) is 0 Å². The molecule has 2 N–H and O–H groups in total. The smallest absolute Gasteiger partial charge is 0.379 e. The van der Waals surface area contributed by atoms with Crippen molar-refractivity contribution in [2.75, 3.05) is 39.4 Å². The maximum Gasteiger partial charge on any atom is 0.434 e. The Morgan fingerprint density at radius 1 is 1.33 bits per heavy atom. The highest BCUT2D eigenvalue weighted by molar-refractivity contribution is 7.09. The van der Waals surface area contributed by atoms with Crippen molar-refractivity contribution < 1.29 is 17.9 Å². The fourth-order valence-corrected chi connectivity index (χ4v) is 3.62. The third-order valence-corrected chi connectivity index (χ3v) is 5.16. The quantitative estimate of drug-likeness (QED) is 0.537. The van der Waals surface area contributed by atoms with Crippen LogP contribution in [0.2, 0.25) is 0 Å². The maximum absolute atomic E-state index is 12.7. The van der Waals surface area contributed by atoms with E-state index in [0.29, 0.717) is 36.0 Å². The number of hydrogen-bond acceptors (Lipinski definition) is 5. The minimum atomic E-state index is -4.41. The number of thiazole rings is 1. The summed E-state index contributed by atoms with van der Waals surface area (Å²) in [7, 11) is 0. The monoisotopic (exact) mass is 407 g/mol. The van der Waals surface area contributed by atoms with Crippen LogP contribution in [0, 0.1) is 5.92 Å². The third kappa shape index (κ3) is 6.93. The largest absolute Gasteiger partial charge is 0.434 e. The van der Waals surface area contributed by atoms with E-state index in [1.807, 2.05) is 6.92 Å². The normalized spacial score (nSPS) is 18.0. The number of guanidine groups is 1. The van der Waals surface area contributed by atoms with Gasteiger partial charge in [0.1, 0.15) is 5.01 Å². The SMILES string of the molecule is CCNC(=NCc1nc(C(F)(F)F)cs1)NCC(C(C)C)N1CCOCC1. The summed E-state index contributed by atoms with van der Waals surface area (Å²) < 4.78 is 43.4. The molecule has 1 atom stereocenters. The molecule has 0 spiro atoms. The van der Waals surface area contributed by atoms with E-state index in [2.05, 4.69) is 39.4 Å². The van der Waals surface area contributed by atoms with Crippen molar-refractivity contribution in [2.45, 2.75) is 39.5 Å². The maximum atomic E-state index is 12.7. The molecule has 2 rings (SSSR count). The lowest BCUT2D eigenvalue weighted by atomic mass is 10.0. The summed E-state index contributed by atoms with van der Waals surface area (Å²) in [6, 6.07) is 0.328. The van der Waals surface area contributed by atoms with E-state index in [9.17, 15) is 13.2 Å². The van der Waals surface area contributed by atoms with Gasteiger partial charge in [-0.25, -0.2) is 9.98 Å². The van der Waals surface area contributed by atoms with Crippen LogP contribution >= 0.6 is 11.3 Å². The molecule has 1 aromatic heterocycles. The fourth-order valence-electron chi connectivity index (χ4n) is 2.90. The summed E-state index contributed by atoms with van der Waals surface area (Å²) in [5.41, 5.74) is -0.858. The first-order valence-electron chi connectivity index (χ1n) is 9.16. The molecule has 1 aromatic rings. The zero-order chi connectivity index (χ0) is 19.9. The van der Waals surface area contributed by atoms with Crippen LogP contribution < -0.4 is 10.6 Å². The van der Waals surface area contributed by atoms with Crippen LogP contribution in [0.25, 0.3) is 0 Å². The molecule has 1 saturated heterocycles. The summed E-state index contributed by atoms with van der Waals surface area (Å²) in [5, 5.41) is 7.82. The Kier molecular flexibility index (Phi) is 8.30. The molecule has 154 valence electrons. The Balaban J connectivity index is 1.96. The molecule has 1 aliphatic rings. The highest BCUT2D eigenvalue weighted by atomic mass is 32.1. The molecule has 0 radical (unpaired) electrons. The van der Waals surface area contributed by atoms with Crippen LogP contribution in [0.3, 0.4) is 0 Å². The topological polar surface area (TPSA) is 61.8 Å². The Bertz CT molecular complexity index is 600. The van der Waals surface area contributed by atoms with Crippen molar-refractivity contribution in [3.8, 4) is 0 Å².